The van der Waals surface area contributed by atoms with Gasteiger partial charge in [0.2, 0.25) is 0 Å². The zero-order valence-corrected chi connectivity index (χ0v) is 13.3. The molecule has 1 saturated heterocycles. The summed E-state index contributed by atoms with van der Waals surface area (Å²) in [6, 6.07) is 8.19. The molecule has 1 aromatic heterocycles. The van der Waals surface area contributed by atoms with Crippen molar-refractivity contribution < 1.29 is 5.11 Å². The summed E-state index contributed by atoms with van der Waals surface area (Å²) in [4.78, 5) is 10.6. The third-order valence-electron chi connectivity index (χ3n) is 5.82. The molecule has 3 atom stereocenters. The van der Waals surface area contributed by atoms with Gasteiger partial charge in [0, 0.05) is 19.0 Å². The second-order valence-corrected chi connectivity index (χ2v) is 7.11. The third kappa shape index (κ3) is 2.34. The van der Waals surface area contributed by atoms with Crippen LogP contribution in [0.2, 0.25) is 0 Å². The van der Waals surface area contributed by atoms with Gasteiger partial charge in [-0.2, -0.15) is 0 Å². The summed E-state index contributed by atoms with van der Waals surface area (Å²) in [5.41, 5.74) is 1.71. The first kappa shape index (κ1) is 14.2. The molecular formula is C18H25N3O. The number of fused-ring (bicyclic) bond motifs is 2. The van der Waals surface area contributed by atoms with Crippen LogP contribution in [0, 0.1) is 11.8 Å². The molecule has 4 rings (SSSR count). The van der Waals surface area contributed by atoms with E-state index in [1.54, 1.807) is 0 Å². The van der Waals surface area contributed by atoms with Gasteiger partial charge in [-0.15, -0.1) is 0 Å². The molecule has 0 bridgehead atoms. The number of nitrogens with one attached hydrogen (secondary N) is 1. The summed E-state index contributed by atoms with van der Waals surface area (Å²) < 4.78 is 0. The highest BCUT2D eigenvalue weighted by Gasteiger charge is 2.47. The Balaban J connectivity index is 1.50. The zero-order chi connectivity index (χ0) is 15.2. The Morgan fingerprint density at radius 1 is 1.36 bits per heavy atom. The van der Waals surface area contributed by atoms with Gasteiger partial charge in [0.25, 0.3) is 0 Å². The second kappa shape index (κ2) is 5.36. The molecule has 2 fully saturated rings. The molecule has 0 radical (unpaired) electrons. The van der Waals surface area contributed by atoms with Crippen LogP contribution in [0.25, 0.3) is 11.0 Å². The summed E-state index contributed by atoms with van der Waals surface area (Å²) in [5.74, 6) is 2.14. The molecule has 1 aromatic carbocycles. The lowest BCUT2D eigenvalue weighted by atomic mass is 9.69. The maximum Gasteiger partial charge on any atom is 0.121 e. The third-order valence-corrected chi connectivity index (χ3v) is 5.82. The van der Waals surface area contributed by atoms with E-state index < -0.39 is 5.60 Å². The van der Waals surface area contributed by atoms with Crippen molar-refractivity contribution in [2.24, 2.45) is 11.8 Å². The SMILES string of the molecule is CC[C@]1(O)CCC[C@H]2CN(Cc3nc4ccccc4[nH]3)C[C@H]21. The second-order valence-electron chi connectivity index (χ2n) is 7.11. The van der Waals surface area contributed by atoms with E-state index in [2.05, 4.69) is 28.9 Å². The number of aromatic amines is 1. The molecule has 2 N–H and O–H groups in total. The molecule has 0 unspecified atom stereocenters. The molecule has 1 aliphatic heterocycles. The number of H-pyrrole nitrogens is 1. The van der Waals surface area contributed by atoms with Crippen molar-refractivity contribution in [3.05, 3.63) is 30.1 Å². The lowest BCUT2D eigenvalue weighted by molar-refractivity contribution is -0.0613. The van der Waals surface area contributed by atoms with Crippen molar-refractivity contribution >= 4 is 11.0 Å². The Morgan fingerprint density at radius 3 is 3.05 bits per heavy atom. The van der Waals surface area contributed by atoms with Crippen LogP contribution in [0.3, 0.4) is 0 Å². The largest absolute Gasteiger partial charge is 0.390 e. The average molecular weight is 299 g/mol. The number of imidazole rings is 1. The molecule has 2 aliphatic rings. The average Bonchev–Trinajstić information content (AvgIpc) is 3.11. The van der Waals surface area contributed by atoms with Crippen molar-refractivity contribution in [3.63, 3.8) is 0 Å². The van der Waals surface area contributed by atoms with Gasteiger partial charge in [0.05, 0.1) is 23.2 Å². The molecular weight excluding hydrogens is 274 g/mol. The van der Waals surface area contributed by atoms with Gasteiger partial charge in [-0.3, -0.25) is 4.90 Å². The van der Waals surface area contributed by atoms with Crippen LogP contribution in [-0.2, 0) is 6.54 Å². The predicted octanol–water partition coefficient (Wildman–Crippen LogP) is 2.94. The highest BCUT2D eigenvalue weighted by Crippen LogP contribution is 2.44. The van der Waals surface area contributed by atoms with Gasteiger partial charge in [-0.05, 0) is 37.3 Å². The fourth-order valence-electron chi connectivity index (χ4n) is 4.58. The molecule has 1 saturated carbocycles. The Labute approximate surface area is 131 Å². The number of aliphatic hydroxyl groups is 1. The van der Waals surface area contributed by atoms with E-state index in [9.17, 15) is 5.11 Å². The predicted molar refractivity (Wildman–Crippen MR) is 87.4 cm³/mol. The van der Waals surface area contributed by atoms with Crippen LogP contribution in [0.1, 0.15) is 38.4 Å². The van der Waals surface area contributed by atoms with Gasteiger partial charge in [0.1, 0.15) is 5.82 Å². The van der Waals surface area contributed by atoms with E-state index in [0.717, 1.165) is 49.3 Å². The number of hydrogen-bond acceptors (Lipinski definition) is 3. The Morgan fingerprint density at radius 2 is 2.23 bits per heavy atom. The zero-order valence-electron chi connectivity index (χ0n) is 13.3. The lowest BCUT2D eigenvalue weighted by Crippen LogP contribution is -2.44. The molecule has 118 valence electrons. The van der Waals surface area contributed by atoms with Crippen LogP contribution in [0.5, 0.6) is 0 Å². The van der Waals surface area contributed by atoms with E-state index in [4.69, 9.17) is 4.98 Å². The fourth-order valence-corrected chi connectivity index (χ4v) is 4.58. The molecule has 0 spiro atoms. The Bertz CT molecular complexity index is 634. The fraction of sp³-hybridized carbons (Fsp3) is 0.611. The summed E-state index contributed by atoms with van der Waals surface area (Å²) in [5, 5.41) is 10.9. The van der Waals surface area contributed by atoms with Crippen LogP contribution in [-0.4, -0.2) is 38.7 Å². The Hall–Kier alpha value is -1.39. The molecule has 22 heavy (non-hydrogen) atoms. The van der Waals surface area contributed by atoms with Gasteiger partial charge >= 0.3 is 0 Å². The monoisotopic (exact) mass is 299 g/mol. The van der Waals surface area contributed by atoms with Crippen molar-refractivity contribution in [1.82, 2.24) is 14.9 Å². The van der Waals surface area contributed by atoms with Crippen LogP contribution in [0.15, 0.2) is 24.3 Å². The van der Waals surface area contributed by atoms with Crippen LogP contribution >= 0.6 is 0 Å². The minimum Gasteiger partial charge on any atom is -0.390 e. The molecule has 2 aromatic rings. The number of aromatic nitrogens is 2. The molecule has 4 nitrogen and oxygen atoms in total. The highest BCUT2D eigenvalue weighted by molar-refractivity contribution is 5.74. The maximum absolute atomic E-state index is 10.9. The number of hydrogen-bond donors (Lipinski definition) is 2. The summed E-state index contributed by atoms with van der Waals surface area (Å²) >= 11 is 0. The van der Waals surface area contributed by atoms with Gasteiger partial charge in [-0.25, -0.2) is 4.98 Å². The first-order chi connectivity index (χ1) is 10.7. The van der Waals surface area contributed by atoms with Gasteiger partial charge in [0.15, 0.2) is 0 Å². The minimum absolute atomic E-state index is 0.439. The van der Waals surface area contributed by atoms with E-state index in [0.29, 0.717) is 11.8 Å². The van der Waals surface area contributed by atoms with Crippen molar-refractivity contribution in [2.45, 2.75) is 44.8 Å². The van der Waals surface area contributed by atoms with E-state index in [1.165, 1.54) is 12.8 Å². The Kier molecular flexibility index (Phi) is 3.46. The van der Waals surface area contributed by atoms with E-state index in [1.807, 2.05) is 12.1 Å². The highest BCUT2D eigenvalue weighted by atomic mass is 16.3. The number of nitrogens with zero attached hydrogens (tertiary/aromatic N) is 2. The van der Waals surface area contributed by atoms with Crippen LogP contribution < -0.4 is 0 Å². The van der Waals surface area contributed by atoms with E-state index >= 15 is 0 Å². The maximum atomic E-state index is 10.9. The minimum atomic E-state index is -0.439. The van der Waals surface area contributed by atoms with Crippen LogP contribution in [0.4, 0.5) is 0 Å². The topological polar surface area (TPSA) is 52.1 Å². The number of rotatable bonds is 3. The first-order valence-electron chi connectivity index (χ1n) is 8.56. The molecule has 4 heteroatoms. The molecule has 2 heterocycles. The van der Waals surface area contributed by atoms with Gasteiger partial charge < -0.3 is 10.1 Å². The lowest BCUT2D eigenvalue weighted by Gasteiger charge is -2.40. The van der Waals surface area contributed by atoms with E-state index in [-0.39, 0.29) is 0 Å². The van der Waals surface area contributed by atoms with Crippen molar-refractivity contribution in [3.8, 4) is 0 Å². The smallest absolute Gasteiger partial charge is 0.121 e. The van der Waals surface area contributed by atoms with Crippen molar-refractivity contribution in [1.29, 1.82) is 0 Å². The number of likely N-dealkylation sites (tertiary alicyclic amines) is 1. The number of benzene rings is 1. The van der Waals surface area contributed by atoms with Crippen molar-refractivity contribution in [2.75, 3.05) is 13.1 Å². The summed E-state index contributed by atoms with van der Waals surface area (Å²) in [6.45, 7) is 5.10. The standard InChI is InChI=1S/C18H25N3O/c1-2-18(22)9-5-6-13-10-21(11-14(13)18)12-17-19-15-7-3-4-8-16(15)20-17/h3-4,7-8,13-14,22H,2,5-6,9-12H2,1H3,(H,19,20)/t13-,14+,18-/m0/s1. The first-order valence-corrected chi connectivity index (χ1v) is 8.56. The molecule has 1 aliphatic carbocycles. The molecule has 0 amide bonds. The van der Waals surface area contributed by atoms with Gasteiger partial charge in [-0.1, -0.05) is 25.5 Å². The normalized spacial score (nSPS) is 32.5. The number of para-hydroxylation sites is 2. The quantitative estimate of drug-likeness (QED) is 0.916. The summed E-state index contributed by atoms with van der Waals surface area (Å²) in [6.07, 6.45) is 4.30. The summed E-state index contributed by atoms with van der Waals surface area (Å²) in [7, 11) is 0.